The quantitative estimate of drug-likeness (QED) is 0.606. The molecule has 0 saturated carbocycles. The van der Waals surface area contributed by atoms with Crippen LogP contribution in [0.4, 0.5) is 5.00 Å². The fourth-order valence-electron chi connectivity index (χ4n) is 3.59. The number of carbonyl (C=O) groups is 3. The van der Waals surface area contributed by atoms with Crippen molar-refractivity contribution in [2.24, 2.45) is 5.92 Å². The van der Waals surface area contributed by atoms with Crippen molar-refractivity contribution >= 4 is 44.0 Å². The van der Waals surface area contributed by atoms with E-state index in [0.717, 1.165) is 36.0 Å². The second-order valence-electron chi connectivity index (χ2n) is 7.67. The predicted octanol–water partition coefficient (Wildman–Crippen LogP) is 3.25. The van der Waals surface area contributed by atoms with Crippen molar-refractivity contribution in [3.8, 4) is 0 Å². The van der Waals surface area contributed by atoms with Crippen molar-refractivity contribution in [2.75, 3.05) is 24.8 Å². The molecule has 1 heterocycles. The monoisotopic (exact) mass is 479 g/mol. The fraction of sp³-hybridized carbons (Fsp3) is 0.409. The zero-order chi connectivity index (χ0) is 23.5. The van der Waals surface area contributed by atoms with Crippen LogP contribution in [0.2, 0.25) is 0 Å². The van der Waals surface area contributed by atoms with Gasteiger partial charge >= 0.3 is 11.9 Å². The Hall–Kier alpha value is -2.72. The van der Waals surface area contributed by atoms with Gasteiger partial charge in [-0.2, -0.15) is 0 Å². The number of benzene rings is 1. The van der Waals surface area contributed by atoms with E-state index in [9.17, 15) is 22.8 Å². The number of thiophene rings is 1. The molecule has 0 radical (unpaired) electrons. The van der Waals surface area contributed by atoms with Crippen molar-refractivity contribution in [3.05, 3.63) is 45.8 Å². The second kappa shape index (κ2) is 9.83. The lowest BCUT2D eigenvalue weighted by Crippen LogP contribution is -2.22. The lowest BCUT2D eigenvalue weighted by molar-refractivity contribution is -0.119. The zero-order valence-electron chi connectivity index (χ0n) is 18.1. The van der Waals surface area contributed by atoms with Crippen molar-refractivity contribution in [3.63, 3.8) is 0 Å². The first-order valence-corrected chi connectivity index (χ1v) is 12.9. The number of hydrogen-bond donors (Lipinski definition) is 1. The van der Waals surface area contributed by atoms with E-state index in [1.54, 1.807) is 6.92 Å². The van der Waals surface area contributed by atoms with Gasteiger partial charge in [0.15, 0.2) is 16.4 Å². The number of nitrogens with one attached hydrogen (secondary N) is 1. The van der Waals surface area contributed by atoms with Crippen LogP contribution in [-0.2, 0) is 36.9 Å². The Morgan fingerprint density at radius 2 is 1.88 bits per heavy atom. The van der Waals surface area contributed by atoms with Gasteiger partial charge in [0.05, 0.1) is 22.6 Å². The lowest BCUT2D eigenvalue weighted by Gasteiger charge is -2.18. The van der Waals surface area contributed by atoms with Crippen LogP contribution >= 0.6 is 11.3 Å². The first-order valence-electron chi connectivity index (χ1n) is 10.2. The molecule has 10 heteroatoms. The van der Waals surface area contributed by atoms with Gasteiger partial charge in [-0.25, -0.2) is 18.0 Å². The van der Waals surface area contributed by atoms with E-state index in [2.05, 4.69) is 12.2 Å². The minimum atomic E-state index is -3.64. The average Bonchev–Trinajstić information content (AvgIpc) is 3.08. The maximum absolute atomic E-state index is 12.5. The number of esters is 2. The van der Waals surface area contributed by atoms with Crippen molar-refractivity contribution in [1.82, 2.24) is 0 Å². The maximum atomic E-state index is 12.5. The molecule has 32 heavy (non-hydrogen) atoms. The van der Waals surface area contributed by atoms with Crippen LogP contribution in [-0.4, -0.2) is 45.7 Å². The van der Waals surface area contributed by atoms with Crippen LogP contribution < -0.4 is 5.32 Å². The number of hydrogen-bond acceptors (Lipinski definition) is 8. The van der Waals surface area contributed by atoms with Gasteiger partial charge in [-0.05, 0) is 49.8 Å². The molecule has 0 spiro atoms. The number of anilines is 1. The predicted molar refractivity (Wildman–Crippen MR) is 120 cm³/mol. The summed E-state index contributed by atoms with van der Waals surface area (Å²) in [5, 5.41) is 3.03. The summed E-state index contributed by atoms with van der Waals surface area (Å²) in [6.07, 6.45) is 3.48. The van der Waals surface area contributed by atoms with Gasteiger partial charge in [0.25, 0.3) is 5.91 Å². The highest BCUT2D eigenvalue weighted by Crippen LogP contribution is 2.40. The number of amides is 1. The largest absolute Gasteiger partial charge is 0.462 e. The standard InChI is InChI=1S/C22H25NO7S2/c1-4-29-22(26)19-14-10-9-13(2)11-16(14)31-20(19)23-18(24)12-30-21(25)15-7-5-6-8-17(15)32(3,27)28/h5-8,13H,4,9-12H2,1-3H3,(H,23,24). The van der Waals surface area contributed by atoms with Crippen LogP contribution in [0.3, 0.4) is 0 Å². The van der Waals surface area contributed by atoms with Gasteiger partial charge in [-0.3, -0.25) is 4.79 Å². The minimum Gasteiger partial charge on any atom is -0.462 e. The molecule has 1 aliphatic carbocycles. The summed E-state index contributed by atoms with van der Waals surface area (Å²) in [6, 6.07) is 5.63. The van der Waals surface area contributed by atoms with Crippen LogP contribution in [0, 0.1) is 5.92 Å². The van der Waals surface area contributed by atoms with Crippen LogP contribution in [0.5, 0.6) is 0 Å². The van der Waals surface area contributed by atoms with Gasteiger partial charge in [0.2, 0.25) is 0 Å². The summed E-state index contributed by atoms with van der Waals surface area (Å²) in [5.74, 6) is -1.57. The third-order valence-corrected chi connectivity index (χ3v) is 7.41. The molecule has 1 unspecified atom stereocenters. The summed E-state index contributed by atoms with van der Waals surface area (Å²) in [4.78, 5) is 38.3. The molecule has 3 rings (SSSR count). The molecule has 172 valence electrons. The smallest absolute Gasteiger partial charge is 0.341 e. The van der Waals surface area contributed by atoms with Crippen LogP contribution in [0.25, 0.3) is 0 Å². The fourth-order valence-corrected chi connectivity index (χ4v) is 5.88. The van der Waals surface area contributed by atoms with Gasteiger partial charge in [0, 0.05) is 11.1 Å². The molecule has 0 aliphatic heterocycles. The minimum absolute atomic E-state index is 0.143. The number of sulfone groups is 1. The van der Waals surface area contributed by atoms with Crippen LogP contribution in [0.15, 0.2) is 29.2 Å². The van der Waals surface area contributed by atoms with Gasteiger partial charge in [-0.1, -0.05) is 19.1 Å². The molecule has 0 fully saturated rings. The molecule has 2 aromatic rings. The number of rotatable bonds is 7. The maximum Gasteiger partial charge on any atom is 0.341 e. The first-order chi connectivity index (χ1) is 15.1. The normalized spacial score (nSPS) is 15.5. The molecule has 1 amide bonds. The van der Waals surface area contributed by atoms with Crippen LogP contribution in [0.1, 0.15) is 51.4 Å². The van der Waals surface area contributed by atoms with E-state index < -0.39 is 34.3 Å². The van der Waals surface area contributed by atoms with E-state index in [-0.39, 0.29) is 17.1 Å². The second-order valence-corrected chi connectivity index (χ2v) is 10.8. The summed E-state index contributed by atoms with van der Waals surface area (Å²) in [5.41, 5.74) is 1.12. The van der Waals surface area contributed by atoms with Crippen molar-refractivity contribution in [2.45, 2.75) is 38.0 Å². The van der Waals surface area contributed by atoms with Gasteiger partial charge < -0.3 is 14.8 Å². The van der Waals surface area contributed by atoms with Crippen molar-refractivity contribution < 1.29 is 32.3 Å². The Bertz CT molecular complexity index is 1150. The summed E-state index contributed by atoms with van der Waals surface area (Å²) >= 11 is 1.33. The topological polar surface area (TPSA) is 116 Å². The van der Waals surface area contributed by atoms with E-state index in [0.29, 0.717) is 16.5 Å². The van der Waals surface area contributed by atoms with E-state index in [1.165, 1.54) is 35.6 Å². The third-order valence-electron chi connectivity index (χ3n) is 5.08. The average molecular weight is 480 g/mol. The summed E-state index contributed by atoms with van der Waals surface area (Å²) < 4.78 is 34.0. The lowest BCUT2D eigenvalue weighted by atomic mass is 9.88. The molecule has 0 bridgehead atoms. The highest BCUT2D eigenvalue weighted by Gasteiger charge is 2.29. The molecule has 8 nitrogen and oxygen atoms in total. The highest BCUT2D eigenvalue weighted by atomic mass is 32.2. The molecule has 1 aromatic heterocycles. The molecule has 1 aliphatic rings. The molecule has 0 saturated heterocycles. The Labute approximate surface area is 190 Å². The zero-order valence-corrected chi connectivity index (χ0v) is 19.7. The SMILES string of the molecule is CCOC(=O)c1c(NC(=O)COC(=O)c2ccccc2S(C)(=O)=O)sc2c1CCC(C)C2. The van der Waals surface area contributed by atoms with E-state index >= 15 is 0 Å². The van der Waals surface area contributed by atoms with E-state index in [4.69, 9.17) is 9.47 Å². The van der Waals surface area contributed by atoms with Crippen molar-refractivity contribution in [1.29, 1.82) is 0 Å². The molecule has 1 atom stereocenters. The number of ether oxygens (including phenoxy) is 2. The number of fused-ring (bicyclic) bond motifs is 1. The molecule has 1 aromatic carbocycles. The number of carbonyl (C=O) groups excluding carboxylic acids is 3. The molecular weight excluding hydrogens is 454 g/mol. The summed E-state index contributed by atoms with van der Waals surface area (Å²) in [6.45, 7) is 3.44. The molecular formula is C22H25NO7S2. The van der Waals surface area contributed by atoms with Gasteiger partial charge in [-0.15, -0.1) is 11.3 Å². The summed E-state index contributed by atoms with van der Waals surface area (Å²) in [7, 11) is -3.64. The Kier molecular flexibility index (Phi) is 7.35. The highest BCUT2D eigenvalue weighted by molar-refractivity contribution is 7.90. The third kappa shape index (κ3) is 5.36. The van der Waals surface area contributed by atoms with E-state index in [1.807, 2.05) is 0 Å². The Balaban J connectivity index is 1.75. The first kappa shape index (κ1) is 23.9. The Morgan fingerprint density at radius 3 is 2.56 bits per heavy atom. The van der Waals surface area contributed by atoms with Gasteiger partial charge in [0.1, 0.15) is 5.00 Å². The molecule has 1 N–H and O–H groups in total. The Morgan fingerprint density at radius 1 is 1.16 bits per heavy atom.